The van der Waals surface area contributed by atoms with Crippen molar-refractivity contribution in [3.63, 3.8) is 0 Å². The van der Waals surface area contributed by atoms with Crippen LogP contribution in [-0.4, -0.2) is 17.6 Å². The van der Waals surface area contributed by atoms with Crippen molar-refractivity contribution in [3.05, 3.63) is 43.2 Å². The molecule has 0 atom stereocenters. The van der Waals surface area contributed by atoms with Crippen molar-refractivity contribution in [2.75, 3.05) is 12.8 Å². The number of anilines is 1. The van der Waals surface area contributed by atoms with Gasteiger partial charge in [0.15, 0.2) is 5.69 Å². The molecule has 0 saturated carbocycles. The third-order valence-electron chi connectivity index (χ3n) is 2.77. The molecule has 2 N–H and O–H groups in total. The number of halogens is 3. The van der Waals surface area contributed by atoms with Crippen molar-refractivity contribution in [1.82, 2.24) is 4.57 Å². The molecule has 108 valence electrons. The summed E-state index contributed by atoms with van der Waals surface area (Å²) < 4.78 is 6.92. The van der Waals surface area contributed by atoms with Gasteiger partial charge in [-0.2, -0.15) is 5.26 Å². The molecule has 0 spiro atoms. The number of carbonyl (C=O) groups excluding carboxylic acids is 1. The van der Waals surface area contributed by atoms with Gasteiger partial charge >= 0.3 is 5.97 Å². The molecule has 2 aromatic rings. The zero-order valence-corrected chi connectivity index (χ0v) is 14.3. The van der Waals surface area contributed by atoms with Crippen LogP contribution in [0.3, 0.4) is 0 Å². The number of rotatable bonds is 2. The smallest absolute Gasteiger partial charge is 0.357 e. The van der Waals surface area contributed by atoms with Crippen LogP contribution in [0.5, 0.6) is 0 Å². The maximum atomic E-state index is 11.9. The molecular weight excluding hydrogens is 428 g/mol. The summed E-state index contributed by atoms with van der Waals surface area (Å²) in [6.07, 6.45) is 1.40. The van der Waals surface area contributed by atoms with E-state index in [-0.39, 0.29) is 16.9 Å². The molecule has 8 heteroatoms. The third kappa shape index (κ3) is 2.81. The summed E-state index contributed by atoms with van der Waals surface area (Å²) >= 11 is 14.5. The number of esters is 1. The van der Waals surface area contributed by atoms with Gasteiger partial charge in [0.2, 0.25) is 0 Å². The first-order chi connectivity index (χ1) is 9.90. The first kappa shape index (κ1) is 15.9. The number of nitrogen functional groups attached to an aromatic ring is 1. The zero-order chi connectivity index (χ0) is 15.7. The van der Waals surface area contributed by atoms with Crippen LogP contribution in [0.4, 0.5) is 5.69 Å². The second kappa shape index (κ2) is 6.13. The highest BCUT2D eigenvalue weighted by molar-refractivity contribution is 14.1. The molecule has 21 heavy (non-hydrogen) atoms. The molecule has 0 amide bonds. The maximum absolute atomic E-state index is 11.9. The van der Waals surface area contributed by atoms with Crippen LogP contribution in [0.1, 0.15) is 16.1 Å². The summed E-state index contributed by atoms with van der Waals surface area (Å²) in [5.74, 6) is -0.681. The molecule has 1 aromatic heterocycles. The summed E-state index contributed by atoms with van der Waals surface area (Å²) in [6, 6.07) is 5.29. The first-order valence-corrected chi connectivity index (χ1v) is 7.38. The summed E-state index contributed by atoms with van der Waals surface area (Å²) in [5, 5.41) is 9.74. The van der Waals surface area contributed by atoms with E-state index in [1.165, 1.54) is 17.9 Å². The average molecular weight is 436 g/mol. The fourth-order valence-electron chi connectivity index (χ4n) is 1.86. The van der Waals surface area contributed by atoms with E-state index in [1.54, 1.807) is 12.1 Å². The lowest BCUT2D eigenvalue weighted by atomic mass is 10.2. The Morgan fingerprint density at radius 3 is 2.48 bits per heavy atom. The van der Waals surface area contributed by atoms with Crippen LogP contribution in [0.15, 0.2) is 18.3 Å². The van der Waals surface area contributed by atoms with Crippen molar-refractivity contribution >= 4 is 57.4 Å². The quantitative estimate of drug-likeness (QED) is 0.576. The Kier molecular flexibility index (Phi) is 4.66. The number of nitrogens with two attached hydrogens (primary N) is 1. The largest absolute Gasteiger partial charge is 0.464 e. The standard InChI is InChI=1S/C13H8Cl2IN3O2/c1-21-13(20)12-10(18)6(4-17)5-19(12)11-8(14)2-7(16)3-9(11)15/h2-3,5H,18H2,1H3. The number of nitriles is 1. The molecule has 5 nitrogen and oxygen atoms in total. The summed E-state index contributed by atoms with van der Waals surface area (Å²) in [5.41, 5.74) is 6.37. The molecule has 0 unspecified atom stereocenters. The normalized spacial score (nSPS) is 10.2. The van der Waals surface area contributed by atoms with Crippen molar-refractivity contribution in [2.24, 2.45) is 0 Å². The van der Waals surface area contributed by atoms with Crippen molar-refractivity contribution < 1.29 is 9.53 Å². The molecule has 0 aliphatic heterocycles. The molecular formula is C13H8Cl2IN3O2. The van der Waals surface area contributed by atoms with E-state index in [9.17, 15) is 4.79 Å². The fourth-order valence-corrected chi connectivity index (χ4v) is 3.52. The number of nitrogens with zero attached hydrogens (tertiary/aromatic N) is 2. The molecule has 0 fully saturated rings. The van der Waals surface area contributed by atoms with Gasteiger partial charge in [-0.3, -0.25) is 0 Å². The van der Waals surface area contributed by atoms with Crippen LogP contribution >= 0.6 is 45.8 Å². The van der Waals surface area contributed by atoms with Crippen molar-refractivity contribution in [2.45, 2.75) is 0 Å². The number of hydrogen-bond acceptors (Lipinski definition) is 4. The van der Waals surface area contributed by atoms with E-state index in [1.807, 2.05) is 6.07 Å². The van der Waals surface area contributed by atoms with Crippen LogP contribution < -0.4 is 5.73 Å². The number of hydrogen-bond donors (Lipinski definition) is 1. The van der Waals surface area contributed by atoms with Gasteiger partial charge in [-0.1, -0.05) is 23.2 Å². The van der Waals surface area contributed by atoms with Gasteiger partial charge in [-0.25, -0.2) is 4.79 Å². The molecule has 1 aromatic carbocycles. The van der Waals surface area contributed by atoms with E-state index in [0.29, 0.717) is 15.7 Å². The van der Waals surface area contributed by atoms with Crippen LogP contribution in [0.2, 0.25) is 10.0 Å². The second-order valence-electron chi connectivity index (χ2n) is 4.00. The van der Waals surface area contributed by atoms with E-state index < -0.39 is 5.97 Å². The van der Waals surface area contributed by atoms with E-state index in [2.05, 4.69) is 22.6 Å². The molecule has 0 aliphatic rings. The Balaban J connectivity index is 2.82. The summed E-state index contributed by atoms with van der Waals surface area (Å²) in [4.78, 5) is 11.9. The Hall–Kier alpha value is -1.43. The van der Waals surface area contributed by atoms with Crippen LogP contribution in [0, 0.1) is 14.9 Å². The Labute approximate surface area is 144 Å². The first-order valence-electron chi connectivity index (χ1n) is 5.54. The maximum Gasteiger partial charge on any atom is 0.357 e. The Bertz CT molecular complexity index is 757. The third-order valence-corrected chi connectivity index (χ3v) is 3.97. The lowest BCUT2D eigenvalue weighted by Gasteiger charge is -2.12. The highest BCUT2D eigenvalue weighted by Crippen LogP contribution is 2.34. The highest BCUT2D eigenvalue weighted by Gasteiger charge is 2.24. The molecule has 2 rings (SSSR count). The summed E-state index contributed by atoms with van der Waals surface area (Å²) in [6.45, 7) is 0. The number of benzene rings is 1. The average Bonchev–Trinajstić information content (AvgIpc) is 2.73. The molecule has 0 saturated heterocycles. The molecule has 0 aliphatic carbocycles. The predicted molar refractivity (Wildman–Crippen MR) is 89.0 cm³/mol. The van der Waals surface area contributed by atoms with Crippen molar-refractivity contribution in [3.8, 4) is 11.8 Å². The van der Waals surface area contributed by atoms with Gasteiger partial charge < -0.3 is 15.0 Å². The lowest BCUT2D eigenvalue weighted by Crippen LogP contribution is -2.11. The monoisotopic (exact) mass is 435 g/mol. The highest BCUT2D eigenvalue weighted by atomic mass is 127. The molecule has 1 heterocycles. The van der Waals surface area contributed by atoms with Gasteiger partial charge in [-0.05, 0) is 34.7 Å². The van der Waals surface area contributed by atoms with Gasteiger partial charge in [-0.15, -0.1) is 0 Å². The minimum atomic E-state index is -0.681. The van der Waals surface area contributed by atoms with Crippen LogP contribution in [-0.2, 0) is 4.74 Å². The SMILES string of the molecule is COC(=O)c1c(N)c(C#N)cn1-c1c(Cl)cc(I)cc1Cl. The number of aromatic nitrogens is 1. The second-order valence-corrected chi connectivity index (χ2v) is 6.06. The molecule has 0 bridgehead atoms. The van der Waals surface area contributed by atoms with Gasteiger partial charge in [0.05, 0.1) is 34.1 Å². The van der Waals surface area contributed by atoms with Crippen LogP contribution in [0.25, 0.3) is 5.69 Å². The number of carbonyl (C=O) groups is 1. The van der Waals surface area contributed by atoms with E-state index in [4.69, 9.17) is 38.9 Å². The topological polar surface area (TPSA) is 81.0 Å². The fraction of sp³-hybridized carbons (Fsp3) is 0.0769. The minimum Gasteiger partial charge on any atom is -0.464 e. The lowest BCUT2D eigenvalue weighted by molar-refractivity contribution is 0.0593. The van der Waals surface area contributed by atoms with Crippen molar-refractivity contribution in [1.29, 1.82) is 5.26 Å². The van der Waals surface area contributed by atoms with Gasteiger partial charge in [0.1, 0.15) is 6.07 Å². The summed E-state index contributed by atoms with van der Waals surface area (Å²) in [7, 11) is 1.22. The number of methoxy groups -OCH3 is 1. The van der Waals surface area contributed by atoms with Gasteiger partial charge in [0, 0.05) is 9.77 Å². The van der Waals surface area contributed by atoms with E-state index in [0.717, 1.165) is 3.57 Å². The molecule has 0 radical (unpaired) electrons. The number of ether oxygens (including phenoxy) is 1. The zero-order valence-electron chi connectivity index (χ0n) is 10.7. The van der Waals surface area contributed by atoms with E-state index >= 15 is 0 Å². The minimum absolute atomic E-state index is 0.0130. The Morgan fingerprint density at radius 2 is 2.00 bits per heavy atom. The Morgan fingerprint density at radius 1 is 1.43 bits per heavy atom. The van der Waals surface area contributed by atoms with Gasteiger partial charge in [0.25, 0.3) is 0 Å². The predicted octanol–water partition coefficient (Wildman–Crippen LogP) is 3.63.